The predicted molar refractivity (Wildman–Crippen MR) is 164 cm³/mol. The van der Waals surface area contributed by atoms with Crippen LogP contribution in [-0.2, 0) is 0 Å². The second-order valence-electron chi connectivity index (χ2n) is 14.2. The Morgan fingerprint density at radius 1 is 1.20 bits per heavy atom. The highest BCUT2D eigenvalue weighted by molar-refractivity contribution is 6.36. The molecule has 2 bridgehead atoms. The minimum absolute atomic E-state index is 0.0142. The van der Waals surface area contributed by atoms with Gasteiger partial charge in [-0.1, -0.05) is 11.6 Å². The summed E-state index contributed by atoms with van der Waals surface area (Å²) in [6.07, 6.45) is 4.01. The Bertz CT molecular complexity index is 1790. The number of halogens is 4. The van der Waals surface area contributed by atoms with Crippen LogP contribution in [0.1, 0.15) is 49.7 Å². The van der Waals surface area contributed by atoms with Crippen LogP contribution in [0.3, 0.4) is 0 Å². The van der Waals surface area contributed by atoms with E-state index in [2.05, 4.69) is 25.1 Å². The minimum atomic E-state index is -2.64. The highest BCUT2D eigenvalue weighted by Crippen LogP contribution is 2.69. The topological polar surface area (TPSA) is 102 Å². The second-order valence-corrected chi connectivity index (χ2v) is 14.6. The molecule has 6 aliphatic rings. The molecule has 1 spiro atoms. The number of nitrogen functional groups attached to an aromatic ring is 1. The van der Waals surface area contributed by atoms with E-state index >= 15 is 4.39 Å². The van der Waals surface area contributed by atoms with Gasteiger partial charge in [0.05, 0.1) is 38.7 Å². The Morgan fingerprint density at radius 2 is 2.02 bits per heavy atom. The van der Waals surface area contributed by atoms with Crippen LogP contribution in [0, 0.1) is 25.1 Å². The molecule has 4 saturated heterocycles. The number of piperazine rings is 1. The maximum Gasteiger partial charge on any atom is 0.319 e. The van der Waals surface area contributed by atoms with Crippen LogP contribution in [0.5, 0.6) is 11.8 Å². The molecule has 5 aliphatic heterocycles. The van der Waals surface area contributed by atoms with Crippen molar-refractivity contribution in [3.8, 4) is 23.0 Å². The fourth-order valence-electron chi connectivity index (χ4n) is 9.01. The van der Waals surface area contributed by atoms with E-state index < -0.39 is 22.7 Å². The lowest BCUT2D eigenvalue weighted by molar-refractivity contribution is 0.0647. The van der Waals surface area contributed by atoms with Gasteiger partial charge in [0.2, 0.25) is 0 Å². The van der Waals surface area contributed by atoms with Crippen LogP contribution in [0.4, 0.5) is 24.8 Å². The van der Waals surface area contributed by atoms with Gasteiger partial charge in [-0.3, -0.25) is 4.90 Å². The van der Waals surface area contributed by atoms with Crippen molar-refractivity contribution in [2.75, 3.05) is 43.5 Å². The third-order valence-corrected chi connectivity index (χ3v) is 11.9. The molecule has 238 valence electrons. The maximum absolute atomic E-state index is 16.9. The first-order chi connectivity index (χ1) is 21.5. The number of fused-ring (bicyclic) bond motifs is 6. The number of aryl methyl sites for hydroxylation is 1. The molecule has 0 radical (unpaired) electrons. The fraction of sp³-hybridized carbons (Fsp3) is 0.594. The number of anilines is 2. The molecule has 0 amide bonds. The van der Waals surface area contributed by atoms with E-state index in [0.717, 1.165) is 43.4 Å². The Morgan fingerprint density at radius 3 is 2.82 bits per heavy atom. The SMILES string of the molecule is Cc1cc(N)nc(-c2c(Cl)c3c4c(nc(OCC56CCCN5CC5(C6)CC5(F)F)nc4c2F)N2CC4CCC(N4)C2CO3)c1C. The summed E-state index contributed by atoms with van der Waals surface area (Å²) in [6, 6.07) is 2.14. The normalized spacial score (nSPS) is 32.5. The van der Waals surface area contributed by atoms with E-state index in [1.54, 1.807) is 6.07 Å². The first kappa shape index (κ1) is 28.2. The Labute approximate surface area is 263 Å². The van der Waals surface area contributed by atoms with Crippen molar-refractivity contribution in [2.45, 2.75) is 82.0 Å². The van der Waals surface area contributed by atoms with E-state index in [-0.39, 0.29) is 59.1 Å². The third-order valence-electron chi connectivity index (χ3n) is 11.5. The van der Waals surface area contributed by atoms with Crippen molar-refractivity contribution in [1.82, 2.24) is 25.2 Å². The molecular weight excluding hydrogens is 607 g/mol. The zero-order valence-corrected chi connectivity index (χ0v) is 26.0. The molecule has 45 heavy (non-hydrogen) atoms. The van der Waals surface area contributed by atoms with E-state index in [0.29, 0.717) is 48.8 Å². The summed E-state index contributed by atoms with van der Waals surface area (Å²) >= 11 is 7.03. The molecule has 9 rings (SSSR count). The molecule has 5 unspecified atom stereocenters. The first-order valence-electron chi connectivity index (χ1n) is 15.9. The van der Waals surface area contributed by atoms with E-state index in [4.69, 9.17) is 31.8 Å². The average Bonchev–Trinajstić information content (AvgIpc) is 3.30. The van der Waals surface area contributed by atoms with Gasteiger partial charge in [-0.25, -0.2) is 18.2 Å². The molecule has 1 aliphatic carbocycles. The van der Waals surface area contributed by atoms with Gasteiger partial charge in [-0.15, -0.1) is 0 Å². The molecule has 1 aromatic carbocycles. The van der Waals surface area contributed by atoms with E-state index in [9.17, 15) is 8.78 Å². The lowest BCUT2D eigenvalue weighted by Crippen LogP contribution is -2.60. The van der Waals surface area contributed by atoms with Gasteiger partial charge in [-0.05, 0) is 69.7 Å². The van der Waals surface area contributed by atoms with Gasteiger partial charge in [0.15, 0.2) is 11.6 Å². The Hall–Kier alpha value is -3.09. The molecule has 1 saturated carbocycles. The minimum Gasteiger partial charge on any atom is -0.489 e. The zero-order chi connectivity index (χ0) is 31.0. The van der Waals surface area contributed by atoms with Crippen LogP contribution in [0.2, 0.25) is 5.02 Å². The van der Waals surface area contributed by atoms with Crippen molar-refractivity contribution < 1.29 is 22.6 Å². The molecule has 2 aromatic heterocycles. The average molecular weight is 642 g/mol. The number of nitrogens with zero attached hydrogens (tertiary/aromatic N) is 5. The van der Waals surface area contributed by atoms with Crippen molar-refractivity contribution in [1.29, 1.82) is 0 Å². The lowest BCUT2D eigenvalue weighted by atomic mass is 9.89. The van der Waals surface area contributed by atoms with E-state index in [1.165, 1.54) is 0 Å². The highest BCUT2D eigenvalue weighted by atomic mass is 35.5. The summed E-state index contributed by atoms with van der Waals surface area (Å²) in [5.41, 5.74) is 6.63. The molecule has 9 nitrogen and oxygen atoms in total. The molecule has 5 atom stereocenters. The second kappa shape index (κ2) is 9.25. The van der Waals surface area contributed by atoms with Crippen molar-refractivity contribution in [3.63, 3.8) is 0 Å². The standard InChI is InChI=1S/C32H35ClF3N7O2/c1-15-8-20(37)39-25(16(15)2)21-23(33)27-22-26(24(21)34)40-29(41-28(22)43-9-17-4-5-18(38-17)19(43)10-44-27)45-14-31-6-3-7-42(31)13-30(11-31)12-32(30,35)36/h8,17-19,38H,3-7,9-14H2,1-2H3,(H2,37,39). The summed E-state index contributed by atoms with van der Waals surface area (Å²) in [5.74, 6) is -2.22. The van der Waals surface area contributed by atoms with Gasteiger partial charge < -0.3 is 25.4 Å². The molecule has 3 N–H and O–H groups in total. The van der Waals surface area contributed by atoms with Gasteiger partial charge in [0.1, 0.15) is 30.4 Å². The van der Waals surface area contributed by atoms with Gasteiger partial charge >= 0.3 is 6.01 Å². The summed E-state index contributed by atoms with van der Waals surface area (Å²) in [5, 5.41) is 4.18. The largest absolute Gasteiger partial charge is 0.489 e. The number of ether oxygens (including phenoxy) is 2. The van der Waals surface area contributed by atoms with Crippen molar-refractivity contribution >= 4 is 34.1 Å². The summed E-state index contributed by atoms with van der Waals surface area (Å²) in [6.45, 7) is 6.03. The Balaban J connectivity index is 1.19. The molecule has 7 heterocycles. The fourth-order valence-corrected chi connectivity index (χ4v) is 9.33. The van der Waals surface area contributed by atoms with Crippen molar-refractivity contribution in [3.05, 3.63) is 28.0 Å². The number of alkyl halides is 2. The predicted octanol–water partition coefficient (Wildman–Crippen LogP) is 5.03. The number of nitrogens with one attached hydrogen (secondary N) is 1. The molecule has 5 fully saturated rings. The maximum atomic E-state index is 16.9. The molecule has 13 heteroatoms. The zero-order valence-electron chi connectivity index (χ0n) is 25.2. The van der Waals surface area contributed by atoms with Crippen LogP contribution in [0.25, 0.3) is 22.2 Å². The molecular formula is C32H35ClF3N7O2. The summed E-state index contributed by atoms with van der Waals surface area (Å²) in [4.78, 5) is 18.4. The number of hydrogen-bond donors (Lipinski definition) is 2. The quantitative estimate of drug-likeness (QED) is 0.406. The smallest absolute Gasteiger partial charge is 0.319 e. The number of aromatic nitrogens is 3. The highest BCUT2D eigenvalue weighted by Gasteiger charge is 2.77. The van der Waals surface area contributed by atoms with Crippen LogP contribution in [0.15, 0.2) is 6.07 Å². The lowest BCUT2D eigenvalue weighted by Gasteiger charge is -2.40. The number of rotatable bonds is 4. The van der Waals surface area contributed by atoms with Crippen LogP contribution >= 0.6 is 11.6 Å². The van der Waals surface area contributed by atoms with Gasteiger partial charge in [0.25, 0.3) is 5.92 Å². The number of benzene rings is 1. The monoisotopic (exact) mass is 641 g/mol. The van der Waals surface area contributed by atoms with Crippen molar-refractivity contribution in [2.24, 2.45) is 5.41 Å². The number of pyridine rings is 1. The number of nitrogens with two attached hydrogens (primary N) is 1. The third kappa shape index (κ3) is 3.91. The van der Waals surface area contributed by atoms with E-state index in [1.807, 2.05) is 13.8 Å². The van der Waals surface area contributed by atoms with Gasteiger partial charge in [-0.2, -0.15) is 9.97 Å². The summed E-state index contributed by atoms with van der Waals surface area (Å²) < 4.78 is 58.7. The molecule has 3 aromatic rings. The number of hydrogen-bond acceptors (Lipinski definition) is 9. The van der Waals surface area contributed by atoms with Gasteiger partial charge in [0, 0.05) is 31.6 Å². The Kier molecular flexibility index (Phi) is 5.79. The van der Waals surface area contributed by atoms with Crippen LogP contribution in [-0.4, -0.2) is 82.3 Å². The first-order valence-corrected chi connectivity index (χ1v) is 16.2. The van der Waals surface area contributed by atoms with Crippen LogP contribution < -0.4 is 25.4 Å². The summed E-state index contributed by atoms with van der Waals surface area (Å²) in [7, 11) is 0.